The molecule has 18 heavy (non-hydrogen) atoms. The van der Waals surface area contributed by atoms with Crippen LogP contribution in [-0.2, 0) is 0 Å². The van der Waals surface area contributed by atoms with Crippen LogP contribution in [0.4, 0.5) is 5.69 Å². The summed E-state index contributed by atoms with van der Waals surface area (Å²) >= 11 is 5.24. The molecular weight excluding hydrogens is 244 g/mol. The fraction of sp³-hybridized carbons (Fsp3) is 0.500. The molecular formula is C14H20N2OS. The predicted molar refractivity (Wildman–Crippen MR) is 79.2 cm³/mol. The Balaban J connectivity index is 1.91. The summed E-state index contributed by atoms with van der Waals surface area (Å²) in [5, 5.41) is 7.13. The van der Waals surface area contributed by atoms with Crippen LogP contribution in [0.2, 0.25) is 0 Å². The van der Waals surface area contributed by atoms with Crippen LogP contribution in [0.5, 0.6) is 5.75 Å². The second kappa shape index (κ2) is 6.05. The lowest BCUT2D eigenvalue weighted by Gasteiger charge is -2.14. The fourth-order valence-electron chi connectivity index (χ4n) is 1.54. The number of thiocarbonyl (C=S) groups is 1. The molecule has 2 N–H and O–H groups in total. The summed E-state index contributed by atoms with van der Waals surface area (Å²) in [5.74, 6) is 0.878. The molecule has 0 aliphatic heterocycles. The van der Waals surface area contributed by atoms with Crippen molar-refractivity contribution < 1.29 is 4.74 Å². The van der Waals surface area contributed by atoms with E-state index in [1.165, 1.54) is 12.8 Å². The standard InChI is InChI=1S/C14H20N2OS/c1-3-10(2)17-13-6-4-5-12(9-13)16-14(18)15-11-7-8-11/h4-6,9-11H,3,7-8H2,1-2H3,(H2,15,16,18). The Bertz CT molecular complexity index is 418. The van der Waals surface area contributed by atoms with Gasteiger partial charge in [-0.25, -0.2) is 0 Å². The van der Waals surface area contributed by atoms with Gasteiger partial charge in [-0.05, 0) is 50.5 Å². The Hall–Kier alpha value is -1.29. The van der Waals surface area contributed by atoms with E-state index in [1.807, 2.05) is 24.3 Å². The molecule has 0 heterocycles. The Morgan fingerprint density at radius 1 is 1.50 bits per heavy atom. The highest BCUT2D eigenvalue weighted by Crippen LogP contribution is 2.21. The zero-order valence-electron chi connectivity index (χ0n) is 10.9. The fourth-order valence-corrected chi connectivity index (χ4v) is 1.83. The first-order valence-corrected chi connectivity index (χ1v) is 6.92. The molecule has 1 unspecified atom stereocenters. The molecule has 1 atom stereocenters. The van der Waals surface area contributed by atoms with Gasteiger partial charge in [0.25, 0.3) is 0 Å². The minimum atomic E-state index is 0.233. The summed E-state index contributed by atoms with van der Waals surface area (Å²) in [5.41, 5.74) is 0.967. The van der Waals surface area contributed by atoms with Crippen molar-refractivity contribution >= 4 is 23.0 Å². The molecule has 1 aliphatic rings. The smallest absolute Gasteiger partial charge is 0.170 e. The summed E-state index contributed by atoms with van der Waals surface area (Å²) in [4.78, 5) is 0. The largest absolute Gasteiger partial charge is 0.491 e. The van der Waals surface area contributed by atoms with Crippen molar-refractivity contribution in [3.63, 3.8) is 0 Å². The van der Waals surface area contributed by atoms with Crippen molar-refractivity contribution in [1.82, 2.24) is 5.32 Å². The Morgan fingerprint density at radius 2 is 2.28 bits per heavy atom. The molecule has 0 amide bonds. The van der Waals surface area contributed by atoms with Crippen molar-refractivity contribution in [2.75, 3.05) is 5.32 Å². The first kappa shape index (κ1) is 13.1. The molecule has 1 aromatic carbocycles. The lowest BCUT2D eigenvalue weighted by atomic mass is 10.3. The molecule has 0 bridgehead atoms. The van der Waals surface area contributed by atoms with Crippen LogP contribution in [0.3, 0.4) is 0 Å². The minimum absolute atomic E-state index is 0.233. The third kappa shape index (κ3) is 4.18. The molecule has 0 spiro atoms. The van der Waals surface area contributed by atoms with E-state index in [9.17, 15) is 0 Å². The molecule has 1 aliphatic carbocycles. The predicted octanol–water partition coefficient (Wildman–Crippen LogP) is 3.31. The molecule has 2 rings (SSSR count). The van der Waals surface area contributed by atoms with Crippen molar-refractivity contribution in [2.45, 2.75) is 45.3 Å². The summed E-state index contributed by atoms with van der Waals surface area (Å²) < 4.78 is 5.78. The Kier molecular flexibility index (Phi) is 4.42. The quantitative estimate of drug-likeness (QED) is 0.799. The number of ether oxygens (including phenoxy) is 1. The van der Waals surface area contributed by atoms with E-state index in [4.69, 9.17) is 17.0 Å². The van der Waals surface area contributed by atoms with Gasteiger partial charge in [-0.3, -0.25) is 0 Å². The monoisotopic (exact) mass is 264 g/mol. The van der Waals surface area contributed by atoms with Crippen molar-refractivity contribution in [3.8, 4) is 5.75 Å². The number of hydrogen-bond donors (Lipinski definition) is 2. The molecule has 1 saturated carbocycles. The highest BCUT2D eigenvalue weighted by molar-refractivity contribution is 7.80. The molecule has 0 aromatic heterocycles. The Morgan fingerprint density at radius 3 is 2.94 bits per heavy atom. The van der Waals surface area contributed by atoms with Crippen molar-refractivity contribution in [3.05, 3.63) is 24.3 Å². The molecule has 0 radical (unpaired) electrons. The van der Waals surface area contributed by atoms with Gasteiger partial charge in [-0.2, -0.15) is 0 Å². The topological polar surface area (TPSA) is 33.3 Å². The third-order valence-corrected chi connectivity index (χ3v) is 3.14. The van der Waals surface area contributed by atoms with Crippen LogP contribution >= 0.6 is 12.2 Å². The maximum atomic E-state index is 5.78. The molecule has 98 valence electrons. The van der Waals surface area contributed by atoms with Crippen LogP contribution in [-0.4, -0.2) is 17.3 Å². The van der Waals surface area contributed by atoms with E-state index >= 15 is 0 Å². The van der Waals surface area contributed by atoms with Gasteiger partial charge in [0.15, 0.2) is 5.11 Å². The summed E-state index contributed by atoms with van der Waals surface area (Å²) in [6, 6.07) is 8.48. The van der Waals surface area contributed by atoms with Gasteiger partial charge in [-0.1, -0.05) is 13.0 Å². The molecule has 0 saturated heterocycles. The van der Waals surface area contributed by atoms with E-state index < -0.39 is 0 Å². The van der Waals surface area contributed by atoms with E-state index in [1.54, 1.807) is 0 Å². The van der Waals surface area contributed by atoms with Gasteiger partial charge in [-0.15, -0.1) is 0 Å². The highest BCUT2D eigenvalue weighted by atomic mass is 32.1. The first-order valence-electron chi connectivity index (χ1n) is 6.51. The minimum Gasteiger partial charge on any atom is -0.491 e. The van der Waals surface area contributed by atoms with Crippen LogP contribution in [0.15, 0.2) is 24.3 Å². The lowest BCUT2D eigenvalue weighted by Crippen LogP contribution is -2.30. The highest BCUT2D eigenvalue weighted by Gasteiger charge is 2.21. The summed E-state index contributed by atoms with van der Waals surface area (Å²) in [6.07, 6.45) is 3.67. The number of rotatable bonds is 5. The van der Waals surface area contributed by atoms with Crippen molar-refractivity contribution in [2.24, 2.45) is 0 Å². The van der Waals surface area contributed by atoms with Gasteiger partial charge in [0, 0.05) is 17.8 Å². The Labute approximate surface area is 114 Å². The first-order chi connectivity index (χ1) is 8.67. The SMILES string of the molecule is CCC(C)Oc1cccc(NC(=S)NC2CC2)c1. The van der Waals surface area contributed by atoms with Gasteiger partial charge in [0.1, 0.15) is 5.75 Å². The average Bonchev–Trinajstić information content (AvgIpc) is 3.13. The molecule has 1 fully saturated rings. The maximum absolute atomic E-state index is 5.78. The van der Waals surface area contributed by atoms with Crippen LogP contribution < -0.4 is 15.4 Å². The van der Waals surface area contributed by atoms with Crippen LogP contribution in [0, 0.1) is 0 Å². The third-order valence-electron chi connectivity index (χ3n) is 2.92. The zero-order valence-corrected chi connectivity index (χ0v) is 11.7. The van der Waals surface area contributed by atoms with Gasteiger partial charge < -0.3 is 15.4 Å². The van der Waals surface area contributed by atoms with E-state index in [0.717, 1.165) is 17.9 Å². The molecule has 1 aromatic rings. The van der Waals surface area contributed by atoms with Crippen LogP contribution in [0.25, 0.3) is 0 Å². The number of anilines is 1. The van der Waals surface area contributed by atoms with Crippen LogP contribution in [0.1, 0.15) is 33.1 Å². The van der Waals surface area contributed by atoms with E-state index in [0.29, 0.717) is 11.2 Å². The summed E-state index contributed by atoms with van der Waals surface area (Å²) in [6.45, 7) is 4.18. The number of benzene rings is 1. The van der Waals surface area contributed by atoms with Crippen molar-refractivity contribution in [1.29, 1.82) is 0 Å². The van der Waals surface area contributed by atoms with E-state index in [-0.39, 0.29) is 6.10 Å². The second-order valence-electron chi connectivity index (χ2n) is 4.74. The summed E-state index contributed by atoms with van der Waals surface area (Å²) in [7, 11) is 0. The molecule has 4 heteroatoms. The van der Waals surface area contributed by atoms with Gasteiger partial charge >= 0.3 is 0 Å². The zero-order chi connectivity index (χ0) is 13.0. The van der Waals surface area contributed by atoms with E-state index in [2.05, 4.69) is 24.5 Å². The average molecular weight is 264 g/mol. The lowest BCUT2D eigenvalue weighted by molar-refractivity contribution is 0.217. The number of hydrogen-bond acceptors (Lipinski definition) is 2. The maximum Gasteiger partial charge on any atom is 0.170 e. The van der Waals surface area contributed by atoms with Gasteiger partial charge in [0.2, 0.25) is 0 Å². The second-order valence-corrected chi connectivity index (χ2v) is 5.15. The normalized spacial score (nSPS) is 15.9. The number of nitrogens with one attached hydrogen (secondary N) is 2. The van der Waals surface area contributed by atoms with Gasteiger partial charge in [0.05, 0.1) is 6.10 Å². The molecule has 3 nitrogen and oxygen atoms in total.